The van der Waals surface area contributed by atoms with Crippen LogP contribution in [0.4, 0.5) is 8.78 Å². The Hall–Kier alpha value is -3.99. The molecule has 1 aromatic heterocycles. The highest BCUT2D eigenvalue weighted by molar-refractivity contribution is 6.34. The maximum atomic E-state index is 16.7. The largest absolute Gasteiger partial charge is 0.483 e. The summed E-state index contributed by atoms with van der Waals surface area (Å²) in [5.41, 5.74) is 7.89. The lowest BCUT2D eigenvalue weighted by molar-refractivity contribution is -0.115. The number of ether oxygens (including phenoxy) is 3. The Morgan fingerprint density at radius 3 is 2.63 bits per heavy atom. The number of benzene rings is 3. The minimum atomic E-state index is -0.939. The van der Waals surface area contributed by atoms with Gasteiger partial charge in [-0.05, 0) is 42.7 Å². The van der Waals surface area contributed by atoms with Gasteiger partial charge in [-0.15, -0.1) is 0 Å². The van der Waals surface area contributed by atoms with Crippen LogP contribution in [0, 0.1) is 17.0 Å². The molecule has 3 N–H and O–H groups in total. The molecule has 2 aliphatic heterocycles. The van der Waals surface area contributed by atoms with E-state index in [0.717, 1.165) is 31.2 Å². The number of nitrogens with one attached hydrogen (secondary N) is 1. The van der Waals surface area contributed by atoms with Crippen LogP contribution in [0.15, 0.2) is 48.7 Å². The van der Waals surface area contributed by atoms with E-state index in [9.17, 15) is 4.79 Å². The van der Waals surface area contributed by atoms with Crippen molar-refractivity contribution < 1.29 is 27.8 Å². The number of hydrogen-bond acceptors (Lipinski definition) is 6. The highest BCUT2D eigenvalue weighted by Crippen LogP contribution is 2.57. The predicted molar refractivity (Wildman–Crippen MR) is 168 cm³/mol. The van der Waals surface area contributed by atoms with Crippen LogP contribution >= 0.6 is 11.6 Å². The molecule has 0 radical (unpaired) electrons. The maximum absolute atomic E-state index is 16.7. The Kier molecular flexibility index (Phi) is 6.72. The van der Waals surface area contributed by atoms with E-state index in [4.69, 9.17) is 31.5 Å². The average molecular weight is 647 g/mol. The number of fused-ring (bicyclic) bond motifs is 4. The van der Waals surface area contributed by atoms with E-state index in [1.807, 2.05) is 30.3 Å². The van der Waals surface area contributed by atoms with E-state index in [-0.39, 0.29) is 46.2 Å². The summed E-state index contributed by atoms with van der Waals surface area (Å²) >= 11 is 6.67. The monoisotopic (exact) mass is 646 g/mol. The molecule has 3 aromatic carbocycles. The van der Waals surface area contributed by atoms with Crippen molar-refractivity contribution in [2.75, 3.05) is 13.7 Å². The van der Waals surface area contributed by atoms with E-state index < -0.39 is 23.1 Å². The lowest BCUT2D eigenvalue weighted by Crippen LogP contribution is -2.59. The SMILES string of the molecule is COC1CC2(CC(NC[C@@]3(c4ccccc4)Cc4c(cc(F)c(Cl)c4-c4c(C(N)=O)cc5c(c4F)OCc4nn(C)cc4-5)O3)C2)C1. The van der Waals surface area contributed by atoms with Gasteiger partial charge in [0.25, 0.3) is 0 Å². The Morgan fingerprint density at radius 1 is 1.15 bits per heavy atom. The molecule has 2 saturated carbocycles. The van der Waals surface area contributed by atoms with Gasteiger partial charge in [0, 0.05) is 73.2 Å². The van der Waals surface area contributed by atoms with Crippen molar-refractivity contribution in [3.8, 4) is 33.8 Å². The molecule has 0 saturated heterocycles. The lowest BCUT2D eigenvalue weighted by atomic mass is 9.53. The zero-order chi connectivity index (χ0) is 32.0. The highest BCUT2D eigenvalue weighted by Gasteiger charge is 2.54. The van der Waals surface area contributed by atoms with Gasteiger partial charge in [0.15, 0.2) is 17.2 Å². The molecule has 1 atom stereocenters. The van der Waals surface area contributed by atoms with Crippen LogP contribution in [0.1, 0.15) is 52.9 Å². The fourth-order valence-corrected chi connectivity index (χ4v) is 8.33. The van der Waals surface area contributed by atoms with E-state index in [2.05, 4.69) is 10.4 Å². The first-order valence-electron chi connectivity index (χ1n) is 15.4. The van der Waals surface area contributed by atoms with Crippen molar-refractivity contribution in [1.82, 2.24) is 15.1 Å². The standard InChI is InChI=1S/C35H33ClF2N4O4/c1-42-15-24-21-8-22(33(39)43)29(31(38)32(21)45-16-26(24)41-42)28-23-14-35(18-6-4-3-5-7-18,46-27(23)9-25(37)30(28)36)17-40-19-10-34(11-19)12-20(13-34)44-2/h3-9,15,19-20,40H,10-14,16-17H2,1-2H3,(H2,39,43)/t19?,20?,34?,35-/m1/s1. The van der Waals surface area contributed by atoms with Gasteiger partial charge < -0.3 is 25.3 Å². The fourth-order valence-electron chi connectivity index (χ4n) is 8.07. The third-order valence-corrected chi connectivity index (χ3v) is 10.7. The van der Waals surface area contributed by atoms with Crippen molar-refractivity contribution >= 4 is 17.5 Å². The second-order valence-electron chi connectivity index (χ2n) is 13.2. The lowest BCUT2D eigenvalue weighted by Gasteiger charge is -2.57. The summed E-state index contributed by atoms with van der Waals surface area (Å²) in [4.78, 5) is 12.9. The Balaban J connectivity index is 1.21. The number of carbonyl (C=O) groups excluding carboxylic acids is 1. The topological polar surface area (TPSA) is 101 Å². The number of rotatable bonds is 7. The first kappa shape index (κ1) is 29.4. The molecule has 238 valence electrons. The van der Waals surface area contributed by atoms with Gasteiger partial charge in [-0.3, -0.25) is 9.48 Å². The number of methoxy groups -OCH3 is 1. The van der Waals surface area contributed by atoms with Crippen LogP contribution in [0.25, 0.3) is 22.3 Å². The number of aromatic nitrogens is 2. The molecule has 2 aliphatic carbocycles. The van der Waals surface area contributed by atoms with Crippen molar-refractivity contribution in [2.24, 2.45) is 18.2 Å². The summed E-state index contributed by atoms with van der Waals surface area (Å²) < 4.78 is 51.9. The van der Waals surface area contributed by atoms with Crippen molar-refractivity contribution in [2.45, 2.75) is 56.5 Å². The summed E-state index contributed by atoms with van der Waals surface area (Å²) in [6.45, 7) is 0.464. The van der Waals surface area contributed by atoms with Crippen LogP contribution in [-0.2, 0) is 30.4 Å². The third-order valence-electron chi connectivity index (χ3n) is 10.3. The number of nitrogens with two attached hydrogens (primary N) is 1. The molecule has 8 nitrogen and oxygen atoms in total. The Bertz CT molecular complexity index is 1900. The number of hydrogen-bond donors (Lipinski definition) is 2. The van der Waals surface area contributed by atoms with Crippen LogP contribution in [0.5, 0.6) is 11.5 Å². The zero-order valence-electron chi connectivity index (χ0n) is 25.5. The van der Waals surface area contributed by atoms with Crippen molar-refractivity contribution in [3.63, 3.8) is 0 Å². The predicted octanol–water partition coefficient (Wildman–Crippen LogP) is 6.05. The fraction of sp³-hybridized carbons (Fsp3) is 0.371. The molecule has 0 unspecified atom stereocenters. The Morgan fingerprint density at radius 2 is 1.91 bits per heavy atom. The van der Waals surface area contributed by atoms with Gasteiger partial charge in [-0.1, -0.05) is 41.9 Å². The number of aryl methyl sites for hydroxylation is 1. The minimum absolute atomic E-state index is 0.0327. The molecule has 2 fully saturated rings. The van der Waals surface area contributed by atoms with Crippen LogP contribution in [0.3, 0.4) is 0 Å². The zero-order valence-corrected chi connectivity index (χ0v) is 26.2. The number of amides is 1. The minimum Gasteiger partial charge on any atom is -0.483 e. The molecular formula is C35H33ClF2N4O4. The molecule has 4 aliphatic rings. The van der Waals surface area contributed by atoms with Gasteiger partial charge in [-0.2, -0.15) is 5.10 Å². The van der Waals surface area contributed by atoms with Crippen LogP contribution in [0.2, 0.25) is 5.02 Å². The van der Waals surface area contributed by atoms with Crippen molar-refractivity contribution in [3.05, 3.63) is 87.7 Å². The molecule has 46 heavy (non-hydrogen) atoms. The summed E-state index contributed by atoms with van der Waals surface area (Å²) in [6, 6.07) is 12.7. The molecular weight excluding hydrogens is 614 g/mol. The molecule has 1 spiro atoms. The van der Waals surface area contributed by atoms with E-state index in [1.54, 1.807) is 25.0 Å². The van der Waals surface area contributed by atoms with Crippen LogP contribution < -0.4 is 20.5 Å². The summed E-state index contributed by atoms with van der Waals surface area (Å²) in [5.74, 6) is -2.37. The molecule has 1 amide bonds. The van der Waals surface area contributed by atoms with Gasteiger partial charge in [-0.25, -0.2) is 8.78 Å². The number of halogens is 3. The van der Waals surface area contributed by atoms with E-state index in [0.29, 0.717) is 46.5 Å². The summed E-state index contributed by atoms with van der Waals surface area (Å²) in [6.07, 6.45) is 6.58. The van der Waals surface area contributed by atoms with E-state index >= 15 is 8.78 Å². The first-order valence-corrected chi connectivity index (χ1v) is 15.8. The Labute approximate surface area is 269 Å². The first-order chi connectivity index (χ1) is 22.1. The smallest absolute Gasteiger partial charge is 0.249 e. The summed E-state index contributed by atoms with van der Waals surface area (Å²) in [5, 5.41) is 7.75. The number of carbonyl (C=O) groups is 1. The molecule has 4 aromatic rings. The highest BCUT2D eigenvalue weighted by atomic mass is 35.5. The average Bonchev–Trinajstić information content (AvgIpc) is 3.57. The quantitative estimate of drug-likeness (QED) is 0.253. The van der Waals surface area contributed by atoms with Gasteiger partial charge >= 0.3 is 0 Å². The summed E-state index contributed by atoms with van der Waals surface area (Å²) in [7, 11) is 3.51. The third kappa shape index (κ3) is 4.45. The van der Waals surface area contributed by atoms with Crippen molar-refractivity contribution in [1.29, 1.82) is 0 Å². The molecule has 0 bridgehead atoms. The number of primary amides is 1. The normalized spacial score (nSPS) is 25.5. The molecule has 8 rings (SSSR count). The van der Waals surface area contributed by atoms with Gasteiger partial charge in [0.05, 0.1) is 16.7 Å². The van der Waals surface area contributed by atoms with Gasteiger partial charge in [0.1, 0.15) is 23.9 Å². The van der Waals surface area contributed by atoms with Gasteiger partial charge in [0.2, 0.25) is 5.91 Å². The number of nitrogens with zero attached hydrogens (tertiary/aromatic N) is 2. The molecule has 3 heterocycles. The second-order valence-corrected chi connectivity index (χ2v) is 13.6. The molecule has 11 heteroatoms. The van der Waals surface area contributed by atoms with E-state index in [1.165, 1.54) is 12.1 Å². The second kappa shape index (κ2) is 10.5. The van der Waals surface area contributed by atoms with Crippen LogP contribution in [-0.4, -0.2) is 41.5 Å². The maximum Gasteiger partial charge on any atom is 0.249 e.